The van der Waals surface area contributed by atoms with Crippen LogP contribution in [0.25, 0.3) is 10.9 Å². The van der Waals surface area contributed by atoms with Crippen LogP contribution < -0.4 is 0 Å². The predicted octanol–water partition coefficient (Wildman–Crippen LogP) is 3.78. The van der Waals surface area contributed by atoms with E-state index in [2.05, 4.69) is 36.6 Å². The van der Waals surface area contributed by atoms with Gasteiger partial charge in [-0.2, -0.15) is 0 Å². The molecule has 0 aliphatic rings. The van der Waals surface area contributed by atoms with Gasteiger partial charge in [-0.3, -0.25) is 4.57 Å². The van der Waals surface area contributed by atoms with Crippen molar-refractivity contribution >= 4 is 48.9 Å². The quantitative estimate of drug-likeness (QED) is 0.735. The molecule has 0 bridgehead atoms. The standard InChI is InChI=1S/C10H7Br2NO2/c1-15-10(14)13-5-8(12)7-4-6(11)2-3-9(7)13/h2-5H,1H3. The van der Waals surface area contributed by atoms with Gasteiger partial charge in [0.2, 0.25) is 0 Å². The fourth-order valence-corrected chi connectivity index (χ4v) is 2.29. The molecule has 1 aromatic heterocycles. The number of fused-ring (bicyclic) bond motifs is 1. The van der Waals surface area contributed by atoms with Gasteiger partial charge in [0.15, 0.2) is 0 Å². The lowest BCUT2D eigenvalue weighted by molar-refractivity contribution is 0.174. The lowest BCUT2D eigenvalue weighted by Crippen LogP contribution is -2.09. The molecule has 0 unspecified atom stereocenters. The van der Waals surface area contributed by atoms with Crippen molar-refractivity contribution in [3.8, 4) is 0 Å². The molecule has 78 valence electrons. The molecule has 2 rings (SSSR count). The van der Waals surface area contributed by atoms with Crippen molar-refractivity contribution < 1.29 is 9.53 Å². The summed E-state index contributed by atoms with van der Waals surface area (Å²) in [5, 5.41) is 0.967. The van der Waals surface area contributed by atoms with Crippen molar-refractivity contribution in [2.75, 3.05) is 7.11 Å². The summed E-state index contributed by atoms with van der Waals surface area (Å²) in [6, 6.07) is 5.69. The highest BCUT2D eigenvalue weighted by Crippen LogP contribution is 2.28. The number of carbonyl (C=O) groups excluding carboxylic acids is 1. The van der Waals surface area contributed by atoms with Crippen molar-refractivity contribution in [1.29, 1.82) is 0 Å². The van der Waals surface area contributed by atoms with Crippen LogP contribution in [0.5, 0.6) is 0 Å². The summed E-state index contributed by atoms with van der Waals surface area (Å²) in [4.78, 5) is 11.4. The highest BCUT2D eigenvalue weighted by Gasteiger charge is 2.12. The van der Waals surface area contributed by atoms with Crippen LogP contribution >= 0.6 is 31.9 Å². The van der Waals surface area contributed by atoms with Gasteiger partial charge in [0.1, 0.15) is 0 Å². The third-order valence-electron chi connectivity index (χ3n) is 2.09. The Morgan fingerprint density at radius 2 is 2.13 bits per heavy atom. The zero-order chi connectivity index (χ0) is 11.0. The number of ether oxygens (including phenoxy) is 1. The van der Waals surface area contributed by atoms with Crippen molar-refractivity contribution in [2.45, 2.75) is 0 Å². The van der Waals surface area contributed by atoms with Crippen molar-refractivity contribution in [3.63, 3.8) is 0 Å². The summed E-state index contributed by atoms with van der Waals surface area (Å²) in [6.45, 7) is 0. The number of methoxy groups -OCH3 is 1. The molecule has 0 aliphatic heterocycles. The number of hydrogen-bond donors (Lipinski definition) is 0. The van der Waals surface area contributed by atoms with E-state index in [9.17, 15) is 4.79 Å². The van der Waals surface area contributed by atoms with Gasteiger partial charge in [0.25, 0.3) is 0 Å². The zero-order valence-electron chi connectivity index (χ0n) is 7.83. The van der Waals surface area contributed by atoms with E-state index in [0.29, 0.717) is 0 Å². The molecule has 0 radical (unpaired) electrons. The molecule has 15 heavy (non-hydrogen) atoms. The predicted molar refractivity (Wildman–Crippen MR) is 65.1 cm³/mol. The summed E-state index contributed by atoms with van der Waals surface area (Å²) in [6.07, 6.45) is 1.30. The molecule has 0 saturated heterocycles. The molecular formula is C10H7Br2NO2. The first kappa shape index (κ1) is 10.7. The summed E-state index contributed by atoms with van der Waals surface area (Å²) >= 11 is 6.78. The van der Waals surface area contributed by atoms with Crippen LogP contribution in [0, 0.1) is 0 Å². The van der Waals surface area contributed by atoms with E-state index in [1.807, 2.05) is 18.2 Å². The number of halogens is 2. The highest BCUT2D eigenvalue weighted by molar-refractivity contribution is 9.11. The second-order valence-electron chi connectivity index (χ2n) is 2.98. The molecule has 0 amide bonds. The number of benzene rings is 1. The van der Waals surface area contributed by atoms with E-state index in [1.165, 1.54) is 11.7 Å². The summed E-state index contributed by atoms with van der Waals surface area (Å²) in [7, 11) is 1.36. The number of rotatable bonds is 0. The number of aromatic nitrogens is 1. The largest absolute Gasteiger partial charge is 0.452 e. The molecule has 0 atom stereocenters. The third kappa shape index (κ3) is 1.81. The van der Waals surface area contributed by atoms with E-state index in [0.717, 1.165) is 19.8 Å². The monoisotopic (exact) mass is 331 g/mol. The van der Waals surface area contributed by atoms with Crippen molar-refractivity contribution in [2.24, 2.45) is 0 Å². The number of carbonyl (C=O) groups is 1. The van der Waals surface area contributed by atoms with Crippen LogP contribution in [-0.2, 0) is 4.74 Å². The van der Waals surface area contributed by atoms with Crippen LogP contribution in [0.4, 0.5) is 4.79 Å². The van der Waals surface area contributed by atoms with Gasteiger partial charge >= 0.3 is 6.09 Å². The highest BCUT2D eigenvalue weighted by atomic mass is 79.9. The maximum Gasteiger partial charge on any atom is 0.418 e. The average Bonchev–Trinajstić information content (AvgIpc) is 2.55. The zero-order valence-corrected chi connectivity index (χ0v) is 11.0. The van der Waals surface area contributed by atoms with Gasteiger partial charge in [-0.05, 0) is 34.1 Å². The lowest BCUT2D eigenvalue weighted by Gasteiger charge is -2.01. The van der Waals surface area contributed by atoms with Crippen LogP contribution in [0.2, 0.25) is 0 Å². The molecule has 0 aliphatic carbocycles. The smallest absolute Gasteiger partial charge is 0.418 e. The molecule has 0 fully saturated rings. The van der Waals surface area contributed by atoms with Crippen LogP contribution in [-0.4, -0.2) is 17.8 Å². The second kappa shape index (κ2) is 3.98. The van der Waals surface area contributed by atoms with Gasteiger partial charge in [-0.15, -0.1) is 0 Å². The Bertz CT molecular complexity index is 533. The van der Waals surface area contributed by atoms with Crippen molar-refractivity contribution in [1.82, 2.24) is 4.57 Å². The first-order valence-corrected chi connectivity index (χ1v) is 5.76. The maximum atomic E-state index is 11.4. The second-order valence-corrected chi connectivity index (χ2v) is 4.75. The Hall–Kier alpha value is -0.810. The fraction of sp³-hybridized carbons (Fsp3) is 0.100. The van der Waals surface area contributed by atoms with Crippen LogP contribution in [0.3, 0.4) is 0 Å². The van der Waals surface area contributed by atoms with Gasteiger partial charge in [-0.1, -0.05) is 15.9 Å². The first-order chi connectivity index (χ1) is 7.13. The Morgan fingerprint density at radius 3 is 2.80 bits per heavy atom. The number of hydrogen-bond acceptors (Lipinski definition) is 2. The first-order valence-electron chi connectivity index (χ1n) is 4.18. The van der Waals surface area contributed by atoms with E-state index < -0.39 is 6.09 Å². The Kier molecular flexibility index (Phi) is 2.84. The van der Waals surface area contributed by atoms with E-state index in [4.69, 9.17) is 0 Å². The number of nitrogens with zero attached hydrogens (tertiary/aromatic N) is 1. The lowest BCUT2D eigenvalue weighted by atomic mass is 10.2. The molecule has 2 aromatic rings. The molecule has 3 nitrogen and oxygen atoms in total. The summed E-state index contributed by atoms with van der Waals surface area (Å²) in [5.74, 6) is 0. The summed E-state index contributed by atoms with van der Waals surface area (Å²) in [5.41, 5.74) is 0.817. The average molecular weight is 333 g/mol. The molecule has 0 saturated carbocycles. The maximum absolute atomic E-state index is 11.4. The Labute approximate surface area is 103 Å². The van der Waals surface area contributed by atoms with E-state index in [1.54, 1.807) is 6.20 Å². The minimum atomic E-state index is -0.395. The van der Waals surface area contributed by atoms with E-state index >= 15 is 0 Å². The van der Waals surface area contributed by atoms with E-state index in [-0.39, 0.29) is 0 Å². The van der Waals surface area contributed by atoms with Crippen molar-refractivity contribution in [3.05, 3.63) is 33.3 Å². The van der Waals surface area contributed by atoms with Gasteiger partial charge in [0.05, 0.1) is 12.6 Å². The normalized spacial score (nSPS) is 10.6. The minimum Gasteiger partial charge on any atom is -0.452 e. The summed E-state index contributed by atoms with van der Waals surface area (Å²) < 4.78 is 7.98. The molecule has 0 spiro atoms. The molecular weight excluding hydrogens is 326 g/mol. The SMILES string of the molecule is COC(=O)n1cc(Br)c2cc(Br)ccc21. The van der Waals surface area contributed by atoms with Crippen LogP contribution in [0.15, 0.2) is 33.3 Å². The molecule has 0 N–H and O–H groups in total. The fourth-order valence-electron chi connectivity index (χ4n) is 1.41. The van der Waals surface area contributed by atoms with Gasteiger partial charge in [0, 0.05) is 20.5 Å². The topological polar surface area (TPSA) is 31.2 Å². The third-order valence-corrected chi connectivity index (χ3v) is 3.21. The molecule has 1 aromatic carbocycles. The Balaban J connectivity index is 2.73. The van der Waals surface area contributed by atoms with Gasteiger partial charge < -0.3 is 4.74 Å². The Morgan fingerprint density at radius 1 is 1.40 bits per heavy atom. The van der Waals surface area contributed by atoms with Crippen LogP contribution in [0.1, 0.15) is 0 Å². The molecule has 5 heteroatoms. The molecule has 1 heterocycles. The minimum absolute atomic E-state index is 0.395. The van der Waals surface area contributed by atoms with Gasteiger partial charge in [-0.25, -0.2) is 4.79 Å².